The molecule has 4 rings (SSSR count). The first-order valence-corrected chi connectivity index (χ1v) is 11.8. The fourth-order valence-electron chi connectivity index (χ4n) is 4.56. The fraction of sp³-hybridized carbons (Fsp3) is 0.407. The number of nitrogens with two attached hydrogens (primary N) is 1. The SMILES string of the molecule is Cc1cccc(F)c1-c1cc(NC[C@H]2CCCCN2C(=O)OC(C)(C)C)cc2cnc(N)cc12. The summed E-state index contributed by atoms with van der Waals surface area (Å²) in [5, 5.41) is 5.20. The minimum atomic E-state index is -0.535. The summed E-state index contributed by atoms with van der Waals surface area (Å²) in [6.45, 7) is 8.79. The summed E-state index contributed by atoms with van der Waals surface area (Å²) in [7, 11) is 0. The van der Waals surface area contributed by atoms with E-state index in [-0.39, 0.29) is 18.0 Å². The van der Waals surface area contributed by atoms with Crippen LogP contribution in [0.4, 0.5) is 20.7 Å². The van der Waals surface area contributed by atoms with Crippen molar-refractivity contribution in [2.45, 2.75) is 58.6 Å². The molecule has 0 spiro atoms. The minimum absolute atomic E-state index is 0.0162. The van der Waals surface area contributed by atoms with E-state index < -0.39 is 5.60 Å². The second-order valence-corrected chi connectivity index (χ2v) is 9.99. The molecule has 1 aromatic heterocycles. The number of carbonyl (C=O) groups excluding carboxylic acids is 1. The summed E-state index contributed by atoms with van der Waals surface area (Å²) in [6, 6.07) is 10.8. The zero-order valence-corrected chi connectivity index (χ0v) is 20.3. The number of halogens is 1. The maximum Gasteiger partial charge on any atom is 0.410 e. The molecule has 3 aromatic rings. The number of hydrogen-bond donors (Lipinski definition) is 2. The highest BCUT2D eigenvalue weighted by Gasteiger charge is 2.30. The minimum Gasteiger partial charge on any atom is -0.444 e. The van der Waals surface area contributed by atoms with Crippen LogP contribution in [0.25, 0.3) is 21.9 Å². The number of carbonyl (C=O) groups is 1. The van der Waals surface area contributed by atoms with Gasteiger partial charge < -0.3 is 20.7 Å². The lowest BCUT2D eigenvalue weighted by molar-refractivity contribution is 0.0114. The molecular weight excluding hydrogens is 431 g/mol. The number of benzene rings is 2. The number of nitrogen functional groups attached to an aromatic ring is 1. The van der Waals surface area contributed by atoms with Crippen LogP contribution in [0, 0.1) is 12.7 Å². The maximum absolute atomic E-state index is 14.9. The van der Waals surface area contributed by atoms with Crippen LogP contribution >= 0.6 is 0 Å². The second kappa shape index (κ2) is 9.49. The summed E-state index contributed by atoms with van der Waals surface area (Å²) in [5.41, 5.74) is 8.42. The van der Waals surface area contributed by atoms with Gasteiger partial charge in [0.2, 0.25) is 0 Å². The van der Waals surface area contributed by atoms with Crippen LogP contribution in [-0.4, -0.2) is 40.7 Å². The third kappa shape index (κ3) is 5.24. The van der Waals surface area contributed by atoms with Gasteiger partial charge in [0.15, 0.2) is 0 Å². The Kier molecular flexibility index (Phi) is 6.64. The van der Waals surface area contributed by atoms with Crippen molar-refractivity contribution in [1.29, 1.82) is 0 Å². The van der Waals surface area contributed by atoms with Gasteiger partial charge in [-0.3, -0.25) is 0 Å². The molecule has 0 bridgehead atoms. The fourth-order valence-corrected chi connectivity index (χ4v) is 4.56. The van der Waals surface area contributed by atoms with Crippen LogP contribution in [0.2, 0.25) is 0 Å². The number of ether oxygens (including phenoxy) is 1. The van der Waals surface area contributed by atoms with Crippen LogP contribution in [0.15, 0.2) is 42.6 Å². The molecule has 1 fully saturated rings. The average Bonchev–Trinajstić information content (AvgIpc) is 2.77. The highest BCUT2D eigenvalue weighted by molar-refractivity contribution is 6.00. The standard InChI is InChI=1S/C27H33FN4O2/c1-17-8-7-10-23(28)25(17)22-13-19(12-18-15-31-24(29)14-21(18)22)30-16-20-9-5-6-11-32(20)26(33)34-27(2,3)4/h7-8,10,12-15,20,30H,5-6,9,11,16H2,1-4H3,(H2,29,31)/t20-/m1/s1. The Balaban J connectivity index is 1.65. The third-order valence-corrected chi connectivity index (χ3v) is 6.15. The number of amides is 1. The first-order valence-electron chi connectivity index (χ1n) is 11.8. The molecule has 0 aliphatic carbocycles. The molecular formula is C27H33FN4O2. The number of likely N-dealkylation sites (tertiary alicyclic amines) is 1. The van der Waals surface area contributed by atoms with Crippen molar-refractivity contribution in [3.05, 3.63) is 54.0 Å². The van der Waals surface area contributed by atoms with Gasteiger partial charge in [-0.2, -0.15) is 0 Å². The molecule has 3 N–H and O–H groups in total. The normalized spacial score (nSPS) is 16.5. The summed E-state index contributed by atoms with van der Waals surface area (Å²) in [6.07, 6.45) is 4.36. The lowest BCUT2D eigenvalue weighted by Gasteiger charge is -2.37. The Morgan fingerprint density at radius 1 is 1.26 bits per heavy atom. The molecule has 1 atom stereocenters. The van der Waals surface area contributed by atoms with E-state index in [2.05, 4.69) is 10.3 Å². The quantitative estimate of drug-likeness (QED) is 0.485. The number of pyridine rings is 1. The van der Waals surface area contributed by atoms with Crippen molar-refractivity contribution in [2.75, 3.05) is 24.1 Å². The lowest BCUT2D eigenvalue weighted by Crippen LogP contribution is -2.48. The Bertz CT molecular complexity index is 1180. The molecule has 2 aromatic carbocycles. The van der Waals surface area contributed by atoms with Crippen molar-refractivity contribution in [2.24, 2.45) is 0 Å². The van der Waals surface area contributed by atoms with E-state index in [0.29, 0.717) is 24.5 Å². The van der Waals surface area contributed by atoms with Gasteiger partial charge in [0.05, 0.1) is 6.04 Å². The summed E-state index contributed by atoms with van der Waals surface area (Å²) < 4.78 is 20.6. The van der Waals surface area contributed by atoms with Gasteiger partial charge in [-0.05, 0) is 87.7 Å². The van der Waals surface area contributed by atoms with Gasteiger partial charge in [0.1, 0.15) is 17.2 Å². The number of anilines is 2. The zero-order chi connectivity index (χ0) is 24.5. The van der Waals surface area contributed by atoms with Crippen molar-refractivity contribution in [3.8, 4) is 11.1 Å². The number of nitrogens with one attached hydrogen (secondary N) is 1. The van der Waals surface area contributed by atoms with Crippen LogP contribution in [0.5, 0.6) is 0 Å². The maximum atomic E-state index is 14.9. The van der Waals surface area contributed by atoms with Crippen LogP contribution in [-0.2, 0) is 4.74 Å². The van der Waals surface area contributed by atoms with Crippen molar-refractivity contribution in [1.82, 2.24) is 9.88 Å². The molecule has 34 heavy (non-hydrogen) atoms. The topological polar surface area (TPSA) is 80.5 Å². The molecule has 0 saturated carbocycles. The first kappa shape index (κ1) is 23.8. The van der Waals surface area contributed by atoms with Crippen LogP contribution < -0.4 is 11.1 Å². The molecule has 0 unspecified atom stereocenters. The van der Waals surface area contributed by atoms with Gasteiger partial charge in [0.25, 0.3) is 0 Å². The molecule has 1 amide bonds. The van der Waals surface area contributed by atoms with Crippen LogP contribution in [0.3, 0.4) is 0 Å². The largest absolute Gasteiger partial charge is 0.444 e. The Morgan fingerprint density at radius 3 is 2.79 bits per heavy atom. The van der Waals surface area contributed by atoms with E-state index in [1.54, 1.807) is 18.3 Å². The van der Waals surface area contributed by atoms with E-state index in [9.17, 15) is 9.18 Å². The highest BCUT2D eigenvalue weighted by Crippen LogP contribution is 2.36. The van der Waals surface area contributed by atoms with Crippen molar-refractivity contribution >= 4 is 28.4 Å². The zero-order valence-electron chi connectivity index (χ0n) is 20.3. The predicted octanol–water partition coefficient (Wildman–Crippen LogP) is 6.13. The molecule has 6 nitrogen and oxygen atoms in total. The molecule has 1 saturated heterocycles. The van der Waals surface area contributed by atoms with Crippen LogP contribution in [0.1, 0.15) is 45.6 Å². The second-order valence-electron chi connectivity index (χ2n) is 9.99. The summed E-state index contributed by atoms with van der Waals surface area (Å²) >= 11 is 0. The predicted molar refractivity (Wildman–Crippen MR) is 135 cm³/mol. The van der Waals surface area contributed by atoms with E-state index >= 15 is 0 Å². The molecule has 1 aliphatic heterocycles. The number of aryl methyl sites for hydroxylation is 1. The van der Waals surface area contributed by atoms with E-state index in [1.165, 1.54) is 6.07 Å². The highest BCUT2D eigenvalue weighted by atomic mass is 19.1. The van der Waals surface area contributed by atoms with Gasteiger partial charge in [-0.1, -0.05) is 12.1 Å². The Morgan fingerprint density at radius 2 is 2.06 bits per heavy atom. The summed E-state index contributed by atoms with van der Waals surface area (Å²) in [5.74, 6) is 0.107. The number of fused-ring (bicyclic) bond motifs is 1. The average molecular weight is 465 g/mol. The van der Waals surface area contributed by atoms with Crippen molar-refractivity contribution < 1.29 is 13.9 Å². The van der Waals surface area contributed by atoms with E-state index in [0.717, 1.165) is 46.8 Å². The molecule has 1 aliphatic rings. The third-order valence-electron chi connectivity index (χ3n) is 6.15. The number of hydrogen-bond acceptors (Lipinski definition) is 5. The monoisotopic (exact) mass is 464 g/mol. The number of piperidine rings is 1. The molecule has 0 radical (unpaired) electrons. The van der Waals surface area contributed by atoms with Gasteiger partial charge >= 0.3 is 6.09 Å². The molecule has 180 valence electrons. The van der Waals surface area contributed by atoms with E-state index in [1.807, 2.05) is 50.8 Å². The Hall–Kier alpha value is -3.35. The number of aromatic nitrogens is 1. The summed E-state index contributed by atoms with van der Waals surface area (Å²) in [4.78, 5) is 18.8. The van der Waals surface area contributed by atoms with E-state index in [4.69, 9.17) is 10.5 Å². The lowest BCUT2D eigenvalue weighted by atomic mass is 9.94. The van der Waals surface area contributed by atoms with Gasteiger partial charge in [0, 0.05) is 35.9 Å². The Labute approximate surface area is 200 Å². The number of nitrogens with zero attached hydrogens (tertiary/aromatic N) is 2. The van der Waals surface area contributed by atoms with Gasteiger partial charge in [-0.15, -0.1) is 0 Å². The van der Waals surface area contributed by atoms with Gasteiger partial charge in [-0.25, -0.2) is 14.2 Å². The molecule has 2 heterocycles. The van der Waals surface area contributed by atoms with Crippen molar-refractivity contribution in [3.63, 3.8) is 0 Å². The first-order chi connectivity index (χ1) is 16.1. The smallest absolute Gasteiger partial charge is 0.410 e. The number of rotatable bonds is 4. The molecule has 7 heteroatoms.